The summed E-state index contributed by atoms with van der Waals surface area (Å²) in [7, 11) is 0. The van der Waals surface area contributed by atoms with Crippen LogP contribution in [0, 0.1) is 11.8 Å². The van der Waals surface area contributed by atoms with Crippen molar-refractivity contribution < 1.29 is 4.79 Å². The number of hydrogen-bond acceptors (Lipinski definition) is 2. The number of amides is 1. The molecule has 0 aromatic heterocycles. The molecule has 1 aliphatic carbocycles. The van der Waals surface area contributed by atoms with E-state index in [4.69, 9.17) is 0 Å². The molecule has 1 heterocycles. The molecule has 0 unspecified atom stereocenters. The summed E-state index contributed by atoms with van der Waals surface area (Å²) in [6, 6.07) is 0. The highest BCUT2D eigenvalue weighted by Gasteiger charge is 2.34. The molecule has 0 N–H and O–H groups in total. The largest absolute Gasteiger partial charge is 0.340 e. The van der Waals surface area contributed by atoms with E-state index in [0.29, 0.717) is 11.8 Å². The molecule has 17 heavy (non-hydrogen) atoms. The molecule has 3 nitrogen and oxygen atoms in total. The van der Waals surface area contributed by atoms with E-state index >= 15 is 0 Å². The van der Waals surface area contributed by atoms with E-state index in [9.17, 15) is 4.79 Å². The fraction of sp³-hybridized carbons (Fsp3) is 0.929. The van der Waals surface area contributed by atoms with Crippen LogP contribution in [0.2, 0.25) is 0 Å². The van der Waals surface area contributed by atoms with Crippen molar-refractivity contribution in [1.82, 2.24) is 9.80 Å². The van der Waals surface area contributed by atoms with E-state index in [1.807, 2.05) is 0 Å². The van der Waals surface area contributed by atoms with Crippen LogP contribution in [-0.4, -0.2) is 48.4 Å². The summed E-state index contributed by atoms with van der Waals surface area (Å²) in [5, 5.41) is 0. The third-order valence-electron chi connectivity index (χ3n) is 4.28. The Bertz CT molecular complexity index is 251. The summed E-state index contributed by atoms with van der Waals surface area (Å²) in [4.78, 5) is 16.5. The third kappa shape index (κ3) is 3.44. The summed E-state index contributed by atoms with van der Waals surface area (Å²) in [5.41, 5.74) is 0. The van der Waals surface area contributed by atoms with Gasteiger partial charge in [0.25, 0.3) is 0 Å². The number of hydrogen-bond donors (Lipinski definition) is 0. The van der Waals surface area contributed by atoms with Gasteiger partial charge in [-0.2, -0.15) is 0 Å². The van der Waals surface area contributed by atoms with Gasteiger partial charge >= 0.3 is 0 Å². The minimum Gasteiger partial charge on any atom is -0.340 e. The van der Waals surface area contributed by atoms with E-state index in [1.54, 1.807) is 0 Å². The van der Waals surface area contributed by atoms with Crippen molar-refractivity contribution in [2.45, 2.75) is 39.5 Å². The van der Waals surface area contributed by atoms with Crippen LogP contribution in [0.5, 0.6) is 0 Å². The van der Waals surface area contributed by atoms with Gasteiger partial charge in [-0.05, 0) is 18.8 Å². The second-order valence-electron chi connectivity index (χ2n) is 5.58. The van der Waals surface area contributed by atoms with Crippen molar-refractivity contribution in [3.05, 3.63) is 0 Å². The maximum absolute atomic E-state index is 11.9. The smallest absolute Gasteiger partial charge is 0.225 e. The summed E-state index contributed by atoms with van der Waals surface area (Å²) in [6.07, 6.45) is 4.81. The van der Waals surface area contributed by atoms with Gasteiger partial charge in [-0.25, -0.2) is 0 Å². The zero-order valence-corrected chi connectivity index (χ0v) is 11.3. The van der Waals surface area contributed by atoms with E-state index in [1.165, 1.54) is 19.4 Å². The molecule has 1 aliphatic heterocycles. The van der Waals surface area contributed by atoms with Crippen molar-refractivity contribution >= 4 is 5.91 Å². The average molecular weight is 238 g/mol. The van der Waals surface area contributed by atoms with Gasteiger partial charge in [0, 0.05) is 38.6 Å². The summed E-state index contributed by atoms with van der Waals surface area (Å²) in [6.45, 7) is 9.84. The molecule has 2 aliphatic rings. The second kappa shape index (κ2) is 5.85. The zero-order valence-electron chi connectivity index (χ0n) is 11.3. The number of piperazine rings is 1. The Morgan fingerprint density at radius 3 is 2.18 bits per heavy atom. The van der Waals surface area contributed by atoms with Gasteiger partial charge < -0.3 is 4.90 Å². The highest BCUT2D eigenvalue weighted by molar-refractivity contribution is 5.81. The van der Waals surface area contributed by atoms with Gasteiger partial charge in [0.15, 0.2) is 0 Å². The van der Waals surface area contributed by atoms with Crippen LogP contribution in [0.15, 0.2) is 0 Å². The second-order valence-corrected chi connectivity index (χ2v) is 5.58. The molecular formula is C14H26N2O. The average Bonchev–Trinajstić information content (AvgIpc) is 3.20. The van der Waals surface area contributed by atoms with Crippen LogP contribution < -0.4 is 0 Å². The number of carbonyl (C=O) groups excluding carboxylic acids is 1. The summed E-state index contributed by atoms with van der Waals surface area (Å²) in [5.74, 6) is 1.65. The molecule has 0 spiro atoms. The Morgan fingerprint density at radius 2 is 1.71 bits per heavy atom. The van der Waals surface area contributed by atoms with E-state index in [-0.39, 0.29) is 0 Å². The van der Waals surface area contributed by atoms with Crippen LogP contribution in [0.1, 0.15) is 39.5 Å². The highest BCUT2D eigenvalue weighted by atomic mass is 16.2. The molecule has 2 fully saturated rings. The van der Waals surface area contributed by atoms with Gasteiger partial charge in [0.2, 0.25) is 5.91 Å². The number of rotatable bonds is 5. The van der Waals surface area contributed by atoms with E-state index in [2.05, 4.69) is 23.6 Å². The minimum absolute atomic E-state index is 0.389. The summed E-state index contributed by atoms with van der Waals surface area (Å²) >= 11 is 0. The first kappa shape index (κ1) is 12.9. The normalized spacial score (nSPS) is 22.2. The first-order chi connectivity index (χ1) is 8.24. The van der Waals surface area contributed by atoms with Crippen molar-refractivity contribution in [2.75, 3.05) is 32.7 Å². The maximum Gasteiger partial charge on any atom is 0.225 e. The van der Waals surface area contributed by atoms with Gasteiger partial charge in [-0.3, -0.25) is 9.69 Å². The Hall–Kier alpha value is -0.570. The third-order valence-corrected chi connectivity index (χ3v) is 4.28. The molecule has 0 radical (unpaired) electrons. The predicted molar refractivity (Wildman–Crippen MR) is 69.8 cm³/mol. The fourth-order valence-electron chi connectivity index (χ4n) is 2.65. The lowest BCUT2D eigenvalue weighted by molar-refractivity contribution is -0.134. The Labute approximate surface area is 105 Å². The van der Waals surface area contributed by atoms with Crippen LogP contribution >= 0.6 is 0 Å². The van der Waals surface area contributed by atoms with Crippen LogP contribution in [0.3, 0.4) is 0 Å². The monoisotopic (exact) mass is 238 g/mol. The molecule has 0 atom stereocenters. The van der Waals surface area contributed by atoms with Crippen molar-refractivity contribution in [1.29, 1.82) is 0 Å². The lowest BCUT2D eigenvalue weighted by Gasteiger charge is -2.36. The lowest BCUT2D eigenvalue weighted by atomic mass is 10.0. The molecule has 3 heteroatoms. The van der Waals surface area contributed by atoms with E-state index < -0.39 is 0 Å². The minimum atomic E-state index is 0.389. The van der Waals surface area contributed by atoms with Crippen LogP contribution in [0.25, 0.3) is 0 Å². The van der Waals surface area contributed by atoms with Crippen LogP contribution in [-0.2, 0) is 4.79 Å². The fourth-order valence-corrected chi connectivity index (χ4v) is 2.65. The van der Waals surface area contributed by atoms with Gasteiger partial charge in [-0.1, -0.05) is 26.7 Å². The molecule has 2 rings (SSSR count). The Balaban J connectivity index is 1.71. The highest BCUT2D eigenvalue weighted by Crippen LogP contribution is 2.31. The SMILES string of the molecule is CCC(CC)CN1CCN(C(=O)C2CC2)CC1. The molecule has 1 amide bonds. The molecule has 0 aromatic carbocycles. The lowest BCUT2D eigenvalue weighted by Crippen LogP contribution is -2.50. The zero-order chi connectivity index (χ0) is 12.3. The van der Waals surface area contributed by atoms with Gasteiger partial charge in [-0.15, -0.1) is 0 Å². The van der Waals surface area contributed by atoms with E-state index in [0.717, 1.165) is 44.9 Å². The predicted octanol–water partition coefficient (Wildman–Crippen LogP) is 1.98. The molecule has 1 saturated heterocycles. The number of nitrogens with zero attached hydrogens (tertiary/aromatic N) is 2. The van der Waals surface area contributed by atoms with Gasteiger partial charge in [0.05, 0.1) is 0 Å². The topological polar surface area (TPSA) is 23.6 Å². The van der Waals surface area contributed by atoms with Crippen molar-refractivity contribution in [3.63, 3.8) is 0 Å². The molecular weight excluding hydrogens is 212 g/mol. The van der Waals surface area contributed by atoms with Crippen LogP contribution in [0.4, 0.5) is 0 Å². The van der Waals surface area contributed by atoms with Gasteiger partial charge in [0.1, 0.15) is 0 Å². The van der Waals surface area contributed by atoms with Crippen molar-refractivity contribution in [3.8, 4) is 0 Å². The standard InChI is InChI=1S/C14H26N2O/c1-3-12(4-2)11-15-7-9-16(10-8-15)14(17)13-5-6-13/h12-13H,3-11H2,1-2H3. The molecule has 0 bridgehead atoms. The summed E-state index contributed by atoms with van der Waals surface area (Å²) < 4.78 is 0. The molecule has 0 aromatic rings. The molecule has 1 saturated carbocycles. The molecule has 98 valence electrons. The Morgan fingerprint density at radius 1 is 1.12 bits per heavy atom. The van der Waals surface area contributed by atoms with Crippen molar-refractivity contribution in [2.24, 2.45) is 11.8 Å². The maximum atomic E-state index is 11.9. The first-order valence-corrected chi connectivity index (χ1v) is 7.25. The number of carbonyl (C=O) groups is 1. The quantitative estimate of drug-likeness (QED) is 0.731. The first-order valence-electron chi connectivity index (χ1n) is 7.25. The Kier molecular flexibility index (Phi) is 4.43.